The molecule has 0 atom stereocenters. The molecule has 5 heteroatoms. The van der Waals surface area contributed by atoms with Gasteiger partial charge in [-0.1, -0.05) is 13.8 Å². The summed E-state index contributed by atoms with van der Waals surface area (Å²) in [5, 5.41) is 8.92. The molecular formula is C13H24N2O3. The molecule has 0 bridgehead atoms. The number of nitrogens with two attached hydrogens (primary N) is 1. The first-order valence-corrected chi connectivity index (χ1v) is 6.70. The summed E-state index contributed by atoms with van der Waals surface area (Å²) in [7, 11) is 0. The van der Waals surface area contributed by atoms with Crippen LogP contribution >= 0.6 is 0 Å². The van der Waals surface area contributed by atoms with Crippen molar-refractivity contribution in [3.63, 3.8) is 0 Å². The average Bonchev–Trinajstić information content (AvgIpc) is 3.14. The van der Waals surface area contributed by atoms with Gasteiger partial charge in [-0.15, -0.1) is 0 Å². The minimum Gasteiger partial charge on any atom is -0.480 e. The molecule has 1 aliphatic carbocycles. The van der Waals surface area contributed by atoms with Crippen LogP contribution in [0.4, 0.5) is 0 Å². The molecule has 0 aliphatic heterocycles. The van der Waals surface area contributed by atoms with Crippen LogP contribution in [-0.2, 0) is 9.59 Å². The van der Waals surface area contributed by atoms with Crippen LogP contribution in [0.25, 0.3) is 0 Å². The van der Waals surface area contributed by atoms with Crippen molar-refractivity contribution in [1.29, 1.82) is 0 Å². The van der Waals surface area contributed by atoms with Crippen molar-refractivity contribution in [1.82, 2.24) is 4.90 Å². The fraction of sp³-hybridized carbons (Fsp3) is 0.846. The van der Waals surface area contributed by atoms with Crippen LogP contribution in [0.1, 0.15) is 39.5 Å². The molecule has 0 spiro atoms. The largest absolute Gasteiger partial charge is 0.480 e. The molecule has 1 rings (SSSR count). The molecule has 1 saturated carbocycles. The van der Waals surface area contributed by atoms with Gasteiger partial charge in [0.2, 0.25) is 5.91 Å². The van der Waals surface area contributed by atoms with Crippen molar-refractivity contribution in [2.75, 3.05) is 19.6 Å². The minimum absolute atomic E-state index is 0.0932. The maximum absolute atomic E-state index is 12.5. The van der Waals surface area contributed by atoms with E-state index in [4.69, 9.17) is 10.8 Å². The summed E-state index contributed by atoms with van der Waals surface area (Å²) >= 11 is 0. The predicted octanol–water partition coefficient (Wildman–Crippen LogP) is 1.07. The molecule has 1 fully saturated rings. The third-order valence-electron chi connectivity index (χ3n) is 3.99. The Balaban J connectivity index is 2.80. The molecule has 3 N–H and O–H groups in total. The van der Waals surface area contributed by atoms with Crippen LogP contribution < -0.4 is 5.73 Å². The molecule has 1 aliphatic rings. The third-order valence-corrected chi connectivity index (χ3v) is 3.99. The Kier molecular flexibility index (Phi) is 5.14. The summed E-state index contributed by atoms with van der Waals surface area (Å²) in [6.45, 7) is 4.50. The highest BCUT2D eigenvalue weighted by Crippen LogP contribution is 2.33. The van der Waals surface area contributed by atoms with Gasteiger partial charge in [-0.25, -0.2) is 0 Å². The maximum Gasteiger partial charge on any atom is 0.323 e. The van der Waals surface area contributed by atoms with Crippen molar-refractivity contribution in [3.8, 4) is 0 Å². The van der Waals surface area contributed by atoms with E-state index in [1.807, 2.05) is 13.8 Å². The predicted molar refractivity (Wildman–Crippen MR) is 69.0 cm³/mol. The normalized spacial score (nSPS) is 15.5. The summed E-state index contributed by atoms with van der Waals surface area (Å²) in [6.07, 6.45) is 3.49. The van der Waals surface area contributed by atoms with Crippen LogP contribution in [0.5, 0.6) is 0 Å². The molecule has 104 valence electrons. The highest BCUT2D eigenvalue weighted by atomic mass is 16.4. The molecule has 0 heterocycles. The smallest absolute Gasteiger partial charge is 0.323 e. The van der Waals surface area contributed by atoms with E-state index in [9.17, 15) is 9.59 Å². The molecule has 0 saturated heterocycles. The van der Waals surface area contributed by atoms with Gasteiger partial charge in [-0.05, 0) is 31.6 Å². The van der Waals surface area contributed by atoms with Crippen molar-refractivity contribution in [3.05, 3.63) is 0 Å². The summed E-state index contributed by atoms with van der Waals surface area (Å²) in [5.74, 6) is -0.566. The second-order valence-electron chi connectivity index (χ2n) is 5.21. The van der Waals surface area contributed by atoms with Crippen molar-refractivity contribution < 1.29 is 14.7 Å². The first-order valence-electron chi connectivity index (χ1n) is 6.70. The lowest BCUT2D eigenvalue weighted by Gasteiger charge is -2.34. The monoisotopic (exact) mass is 256 g/mol. The number of hydrogen-bond acceptors (Lipinski definition) is 3. The standard InChI is InChI=1S/C13H24N2O3/c1-3-13(4-2,9-14)12(18)15(8-11(16)17)7-10-5-6-10/h10H,3-9,14H2,1-2H3,(H,16,17). The van der Waals surface area contributed by atoms with Gasteiger partial charge in [0.15, 0.2) is 0 Å². The molecule has 18 heavy (non-hydrogen) atoms. The number of carboxylic acid groups (broad SMARTS) is 1. The maximum atomic E-state index is 12.5. The van der Waals surface area contributed by atoms with Gasteiger partial charge in [0.05, 0.1) is 5.41 Å². The quantitative estimate of drug-likeness (QED) is 0.680. The molecule has 5 nitrogen and oxygen atoms in total. The molecule has 0 aromatic rings. The fourth-order valence-electron chi connectivity index (χ4n) is 2.26. The van der Waals surface area contributed by atoms with E-state index in [1.54, 1.807) is 0 Å². The molecule has 0 aromatic carbocycles. The lowest BCUT2D eigenvalue weighted by atomic mass is 9.81. The number of amides is 1. The number of rotatable bonds is 8. The van der Waals surface area contributed by atoms with E-state index >= 15 is 0 Å². The van der Waals surface area contributed by atoms with Gasteiger partial charge in [-0.3, -0.25) is 9.59 Å². The number of hydrogen-bond donors (Lipinski definition) is 2. The van der Waals surface area contributed by atoms with Gasteiger partial charge in [0.25, 0.3) is 0 Å². The van der Waals surface area contributed by atoms with Gasteiger partial charge in [0, 0.05) is 13.1 Å². The molecule has 0 aromatic heterocycles. The second kappa shape index (κ2) is 6.18. The van der Waals surface area contributed by atoms with Gasteiger partial charge in [-0.2, -0.15) is 0 Å². The number of carboxylic acids is 1. The number of nitrogens with zero attached hydrogens (tertiary/aromatic N) is 1. The van der Waals surface area contributed by atoms with E-state index in [0.29, 0.717) is 25.3 Å². The highest BCUT2D eigenvalue weighted by molar-refractivity contribution is 5.86. The molecular weight excluding hydrogens is 232 g/mol. The van der Waals surface area contributed by atoms with E-state index in [2.05, 4.69) is 0 Å². The SMILES string of the molecule is CCC(CC)(CN)C(=O)N(CC(=O)O)CC1CC1. The van der Waals surface area contributed by atoms with Crippen LogP contribution in [0.3, 0.4) is 0 Å². The van der Waals surface area contributed by atoms with Crippen LogP contribution in [0.15, 0.2) is 0 Å². The van der Waals surface area contributed by atoms with E-state index in [1.165, 1.54) is 4.90 Å². The van der Waals surface area contributed by atoms with Crippen molar-refractivity contribution in [2.24, 2.45) is 17.1 Å². The zero-order chi connectivity index (χ0) is 13.8. The Hall–Kier alpha value is -1.10. The number of aliphatic carboxylic acids is 1. The molecule has 1 amide bonds. The fourth-order valence-corrected chi connectivity index (χ4v) is 2.26. The van der Waals surface area contributed by atoms with Crippen LogP contribution in [0.2, 0.25) is 0 Å². The summed E-state index contributed by atoms with van der Waals surface area (Å²) in [5.41, 5.74) is 5.16. The highest BCUT2D eigenvalue weighted by Gasteiger charge is 2.39. The first-order chi connectivity index (χ1) is 8.49. The van der Waals surface area contributed by atoms with E-state index < -0.39 is 11.4 Å². The number of carbonyl (C=O) groups is 2. The number of carbonyl (C=O) groups excluding carboxylic acids is 1. The van der Waals surface area contributed by atoms with E-state index in [-0.39, 0.29) is 19.0 Å². The van der Waals surface area contributed by atoms with Crippen molar-refractivity contribution >= 4 is 11.9 Å². The summed E-state index contributed by atoms with van der Waals surface area (Å²) < 4.78 is 0. The van der Waals surface area contributed by atoms with Gasteiger partial charge >= 0.3 is 5.97 Å². The topological polar surface area (TPSA) is 83.6 Å². The Morgan fingerprint density at radius 3 is 2.22 bits per heavy atom. The third kappa shape index (κ3) is 3.45. The molecule has 0 radical (unpaired) electrons. The lowest BCUT2D eigenvalue weighted by molar-refractivity contribution is -0.150. The Morgan fingerprint density at radius 2 is 1.89 bits per heavy atom. The van der Waals surface area contributed by atoms with Crippen molar-refractivity contribution in [2.45, 2.75) is 39.5 Å². The van der Waals surface area contributed by atoms with Gasteiger partial charge in [0.1, 0.15) is 6.54 Å². The Bertz CT molecular complexity index is 301. The lowest BCUT2D eigenvalue weighted by Crippen LogP contribution is -2.49. The minimum atomic E-state index is -0.956. The average molecular weight is 256 g/mol. The van der Waals surface area contributed by atoms with Crippen LogP contribution in [0, 0.1) is 11.3 Å². The summed E-state index contributed by atoms with van der Waals surface area (Å²) in [4.78, 5) is 24.9. The van der Waals surface area contributed by atoms with Gasteiger partial charge < -0.3 is 15.7 Å². The zero-order valence-corrected chi connectivity index (χ0v) is 11.3. The Morgan fingerprint density at radius 1 is 1.33 bits per heavy atom. The summed E-state index contributed by atoms with van der Waals surface area (Å²) in [6, 6.07) is 0. The zero-order valence-electron chi connectivity index (χ0n) is 11.3. The first kappa shape index (κ1) is 15.0. The molecule has 0 unspecified atom stereocenters. The van der Waals surface area contributed by atoms with E-state index in [0.717, 1.165) is 12.8 Å². The second-order valence-corrected chi connectivity index (χ2v) is 5.21. The Labute approximate surface area is 108 Å². The van der Waals surface area contributed by atoms with Crippen LogP contribution in [-0.4, -0.2) is 41.5 Å².